The number of benzene rings is 3. The summed E-state index contributed by atoms with van der Waals surface area (Å²) >= 11 is 0. The molecular weight excluding hydrogens is 355 g/mol. The maximum atomic E-state index is 12.9. The molecule has 2 N–H and O–H groups in total. The molecule has 0 spiro atoms. The third-order valence-electron chi connectivity index (χ3n) is 4.31. The van der Waals surface area contributed by atoms with Gasteiger partial charge in [0.25, 0.3) is 11.8 Å². The monoisotopic (exact) mass is 376 g/mol. The second-order valence-corrected chi connectivity index (χ2v) is 6.53. The van der Waals surface area contributed by atoms with Crippen LogP contribution in [0.2, 0.25) is 0 Å². The zero-order valence-corrected chi connectivity index (χ0v) is 15.5. The number of carbonyl (C=O) groups is 2. The van der Waals surface area contributed by atoms with E-state index in [0.29, 0.717) is 29.8 Å². The van der Waals surface area contributed by atoms with Crippen molar-refractivity contribution in [1.29, 1.82) is 0 Å². The molecule has 0 atom stereocenters. The van der Waals surface area contributed by atoms with Gasteiger partial charge in [-0.05, 0) is 61.4 Å². The highest BCUT2D eigenvalue weighted by Crippen LogP contribution is 2.12. The van der Waals surface area contributed by atoms with Crippen molar-refractivity contribution in [2.45, 2.75) is 13.3 Å². The van der Waals surface area contributed by atoms with Gasteiger partial charge in [0.2, 0.25) is 0 Å². The number of aryl methyl sites for hydroxylation is 1. The maximum absolute atomic E-state index is 12.9. The lowest BCUT2D eigenvalue weighted by atomic mass is 10.1. The average molecular weight is 376 g/mol. The quantitative estimate of drug-likeness (QED) is 0.672. The van der Waals surface area contributed by atoms with Gasteiger partial charge in [-0.15, -0.1) is 0 Å². The molecule has 0 aliphatic rings. The minimum Gasteiger partial charge on any atom is -0.352 e. The van der Waals surface area contributed by atoms with E-state index in [1.807, 2.05) is 31.2 Å². The van der Waals surface area contributed by atoms with Gasteiger partial charge in [0.05, 0.1) is 0 Å². The summed E-state index contributed by atoms with van der Waals surface area (Å²) in [7, 11) is 0. The van der Waals surface area contributed by atoms with Crippen molar-refractivity contribution in [1.82, 2.24) is 5.32 Å². The van der Waals surface area contributed by atoms with E-state index in [2.05, 4.69) is 10.6 Å². The fourth-order valence-electron chi connectivity index (χ4n) is 2.72. The van der Waals surface area contributed by atoms with Crippen LogP contribution in [0.15, 0.2) is 72.8 Å². The number of hydrogen-bond acceptors (Lipinski definition) is 2. The molecule has 5 heteroatoms. The normalized spacial score (nSPS) is 10.4. The van der Waals surface area contributed by atoms with Crippen LogP contribution in [0.25, 0.3) is 0 Å². The fraction of sp³-hybridized carbons (Fsp3) is 0.130. The molecule has 0 aliphatic carbocycles. The summed E-state index contributed by atoms with van der Waals surface area (Å²) in [5.74, 6) is -0.814. The third-order valence-corrected chi connectivity index (χ3v) is 4.31. The van der Waals surface area contributed by atoms with E-state index in [1.165, 1.54) is 12.1 Å². The van der Waals surface area contributed by atoms with Crippen molar-refractivity contribution >= 4 is 17.5 Å². The van der Waals surface area contributed by atoms with Gasteiger partial charge in [-0.2, -0.15) is 0 Å². The molecule has 0 radical (unpaired) electrons. The lowest BCUT2D eigenvalue weighted by molar-refractivity contribution is 0.0954. The van der Waals surface area contributed by atoms with Gasteiger partial charge >= 0.3 is 0 Å². The van der Waals surface area contributed by atoms with Crippen LogP contribution in [0.3, 0.4) is 0 Å². The number of rotatable bonds is 6. The molecule has 0 saturated carbocycles. The molecular formula is C23H21FN2O2. The molecule has 142 valence electrons. The lowest BCUT2D eigenvalue weighted by Crippen LogP contribution is -2.26. The van der Waals surface area contributed by atoms with E-state index in [1.54, 1.807) is 36.4 Å². The zero-order valence-electron chi connectivity index (χ0n) is 15.5. The van der Waals surface area contributed by atoms with Crippen LogP contribution >= 0.6 is 0 Å². The highest BCUT2D eigenvalue weighted by Gasteiger charge is 2.11. The topological polar surface area (TPSA) is 58.2 Å². The Hall–Kier alpha value is -3.47. The average Bonchev–Trinajstić information content (AvgIpc) is 2.71. The highest BCUT2D eigenvalue weighted by atomic mass is 19.1. The Morgan fingerprint density at radius 2 is 1.50 bits per heavy atom. The van der Waals surface area contributed by atoms with Crippen LogP contribution in [0, 0.1) is 12.7 Å². The summed E-state index contributed by atoms with van der Waals surface area (Å²) in [6, 6.07) is 20.2. The number of hydrogen-bond donors (Lipinski definition) is 2. The Labute approximate surface area is 163 Å². The first-order valence-corrected chi connectivity index (χ1v) is 9.02. The zero-order chi connectivity index (χ0) is 19.9. The van der Waals surface area contributed by atoms with Crippen LogP contribution in [-0.4, -0.2) is 18.4 Å². The van der Waals surface area contributed by atoms with Crippen molar-refractivity contribution in [2.75, 3.05) is 11.9 Å². The molecule has 3 aromatic rings. The minimum absolute atomic E-state index is 0.257. The predicted octanol–water partition coefficient (Wildman–Crippen LogP) is 4.36. The van der Waals surface area contributed by atoms with Gasteiger partial charge in [0.15, 0.2) is 0 Å². The first-order chi connectivity index (χ1) is 13.5. The summed E-state index contributed by atoms with van der Waals surface area (Å²) in [5.41, 5.74) is 3.57. The summed E-state index contributed by atoms with van der Waals surface area (Å²) in [5, 5.41) is 5.64. The van der Waals surface area contributed by atoms with E-state index >= 15 is 0 Å². The predicted molar refractivity (Wildman–Crippen MR) is 108 cm³/mol. The van der Waals surface area contributed by atoms with Gasteiger partial charge < -0.3 is 10.6 Å². The summed E-state index contributed by atoms with van der Waals surface area (Å²) < 4.78 is 12.9. The van der Waals surface area contributed by atoms with Crippen molar-refractivity contribution in [3.8, 4) is 0 Å². The standard InChI is InChI=1S/C23H21FN2O2/c1-16-5-11-21(12-6-16)26-23(28)19-4-2-3-18(15-19)22(27)25-14-13-17-7-9-20(24)10-8-17/h2-12,15H,13-14H2,1H3,(H,25,27)(H,26,28). The summed E-state index contributed by atoms with van der Waals surface area (Å²) in [6.07, 6.45) is 0.597. The minimum atomic E-state index is -0.284. The number of nitrogens with one attached hydrogen (secondary N) is 2. The maximum Gasteiger partial charge on any atom is 0.255 e. The molecule has 0 heterocycles. The Morgan fingerprint density at radius 3 is 2.18 bits per heavy atom. The molecule has 0 fully saturated rings. The van der Waals surface area contributed by atoms with E-state index in [4.69, 9.17) is 0 Å². The molecule has 0 unspecified atom stereocenters. The van der Waals surface area contributed by atoms with Crippen LogP contribution in [0.4, 0.5) is 10.1 Å². The fourth-order valence-corrected chi connectivity index (χ4v) is 2.72. The third kappa shape index (κ3) is 5.27. The number of halogens is 1. The van der Waals surface area contributed by atoms with E-state index in [0.717, 1.165) is 11.1 Å². The van der Waals surface area contributed by atoms with Gasteiger partial charge in [0.1, 0.15) is 5.82 Å². The van der Waals surface area contributed by atoms with Crippen molar-refractivity contribution in [3.63, 3.8) is 0 Å². The number of amides is 2. The molecule has 4 nitrogen and oxygen atoms in total. The molecule has 3 rings (SSSR count). The van der Waals surface area contributed by atoms with Crippen LogP contribution in [0.5, 0.6) is 0 Å². The molecule has 2 amide bonds. The van der Waals surface area contributed by atoms with Gasteiger partial charge in [-0.25, -0.2) is 4.39 Å². The highest BCUT2D eigenvalue weighted by molar-refractivity contribution is 6.06. The van der Waals surface area contributed by atoms with Crippen LogP contribution < -0.4 is 10.6 Å². The Bertz CT molecular complexity index is 967. The van der Waals surface area contributed by atoms with Crippen LogP contribution in [-0.2, 0) is 6.42 Å². The summed E-state index contributed by atoms with van der Waals surface area (Å²) in [4.78, 5) is 24.8. The van der Waals surface area contributed by atoms with E-state index < -0.39 is 0 Å². The van der Waals surface area contributed by atoms with Crippen molar-refractivity contribution < 1.29 is 14.0 Å². The van der Waals surface area contributed by atoms with E-state index in [9.17, 15) is 14.0 Å². The molecule has 28 heavy (non-hydrogen) atoms. The first kappa shape index (κ1) is 19.3. The van der Waals surface area contributed by atoms with Gasteiger partial charge in [0, 0.05) is 23.4 Å². The number of carbonyl (C=O) groups excluding carboxylic acids is 2. The second-order valence-electron chi connectivity index (χ2n) is 6.53. The van der Waals surface area contributed by atoms with Crippen molar-refractivity contribution in [2.24, 2.45) is 0 Å². The van der Waals surface area contributed by atoms with Gasteiger partial charge in [-0.1, -0.05) is 35.9 Å². The first-order valence-electron chi connectivity index (χ1n) is 9.02. The smallest absolute Gasteiger partial charge is 0.255 e. The number of anilines is 1. The van der Waals surface area contributed by atoms with Crippen molar-refractivity contribution in [3.05, 3.63) is 101 Å². The second kappa shape index (κ2) is 8.95. The molecule has 0 bridgehead atoms. The largest absolute Gasteiger partial charge is 0.352 e. The Kier molecular flexibility index (Phi) is 6.17. The summed E-state index contributed by atoms with van der Waals surface area (Å²) in [6.45, 7) is 2.40. The van der Waals surface area contributed by atoms with E-state index in [-0.39, 0.29) is 17.6 Å². The Balaban J connectivity index is 1.58. The van der Waals surface area contributed by atoms with Gasteiger partial charge in [-0.3, -0.25) is 9.59 Å². The molecule has 3 aromatic carbocycles. The SMILES string of the molecule is Cc1ccc(NC(=O)c2cccc(C(=O)NCCc3ccc(F)cc3)c2)cc1. The molecule has 0 aromatic heterocycles. The molecule has 0 saturated heterocycles. The van der Waals surface area contributed by atoms with Crippen LogP contribution in [0.1, 0.15) is 31.8 Å². The Morgan fingerprint density at radius 1 is 0.857 bits per heavy atom. The lowest BCUT2D eigenvalue weighted by Gasteiger charge is -2.08. The molecule has 0 aliphatic heterocycles.